The molecule has 2 aromatic heterocycles. The minimum Gasteiger partial charge on any atom is -0.296 e. The fourth-order valence-corrected chi connectivity index (χ4v) is 4.12. The maximum Gasteiger partial charge on any atom is 0.278 e. The van der Waals surface area contributed by atoms with Gasteiger partial charge in [0.15, 0.2) is 10.8 Å². The van der Waals surface area contributed by atoms with Gasteiger partial charge in [-0.25, -0.2) is 9.67 Å². The molecule has 0 fully saturated rings. The lowest BCUT2D eigenvalue weighted by molar-refractivity contribution is 0.102. The predicted octanol–water partition coefficient (Wildman–Crippen LogP) is 5.66. The topological polar surface area (TPSA) is 76.9 Å². The third-order valence-electron chi connectivity index (χ3n) is 4.46. The molecule has 2 aromatic carbocycles. The van der Waals surface area contributed by atoms with Crippen molar-refractivity contribution in [2.75, 3.05) is 5.32 Å². The fraction of sp³-hybridized carbons (Fsp3) is 0.143. The third kappa shape index (κ3) is 3.84. The van der Waals surface area contributed by atoms with Gasteiger partial charge >= 0.3 is 0 Å². The monoisotopic (exact) mass is 458 g/mol. The summed E-state index contributed by atoms with van der Waals surface area (Å²) in [4.78, 5) is 30.1. The second kappa shape index (κ2) is 8.18. The van der Waals surface area contributed by atoms with Gasteiger partial charge in [-0.15, -0.1) is 11.3 Å². The van der Waals surface area contributed by atoms with E-state index in [2.05, 4.69) is 15.4 Å². The van der Waals surface area contributed by atoms with Gasteiger partial charge in [0.2, 0.25) is 0 Å². The summed E-state index contributed by atoms with van der Waals surface area (Å²) in [6, 6.07) is 11.9. The standard InChI is InChI=1S/C21H16Cl2N4O2S/c1-11(2)27-20(29)14-6-4-3-5-13(14)18(26-27)19(28)25-21-24-17(10-30-21)15-9-12(22)7-8-16(15)23/h3-11H,1-2H3,(H,24,25,28). The lowest BCUT2D eigenvalue weighted by atomic mass is 10.1. The molecule has 2 heterocycles. The molecule has 0 saturated carbocycles. The number of fused-ring (bicyclic) bond motifs is 1. The summed E-state index contributed by atoms with van der Waals surface area (Å²) >= 11 is 13.6. The van der Waals surface area contributed by atoms with Crippen molar-refractivity contribution in [3.63, 3.8) is 0 Å². The van der Waals surface area contributed by atoms with Crippen LogP contribution in [0.5, 0.6) is 0 Å². The van der Waals surface area contributed by atoms with E-state index in [0.29, 0.717) is 37.2 Å². The van der Waals surface area contributed by atoms with E-state index in [-0.39, 0.29) is 17.3 Å². The highest BCUT2D eigenvalue weighted by molar-refractivity contribution is 7.14. The number of benzene rings is 2. The average molecular weight is 459 g/mol. The van der Waals surface area contributed by atoms with Crippen LogP contribution in [0.25, 0.3) is 22.0 Å². The Morgan fingerprint density at radius 3 is 2.60 bits per heavy atom. The summed E-state index contributed by atoms with van der Waals surface area (Å²) in [5.74, 6) is -0.446. The summed E-state index contributed by atoms with van der Waals surface area (Å²) < 4.78 is 1.32. The first-order valence-electron chi connectivity index (χ1n) is 9.09. The molecule has 1 amide bonds. The Kier molecular flexibility index (Phi) is 5.60. The number of hydrogen-bond donors (Lipinski definition) is 1. The van der Waals surface area contributed by atoms with E-state index >= 15 is 0 Å². The van der Waals surface area contributed by atoms with Crippen molar-refractivity contribution in [1.82, 2.24) is 14.8 Å². The summed E-state index contributed by atoms with van der Waals surface area (Å²) in [6.07, 6.45) is 0. The van der Waals surface area contributed by atoms with Gasteiger partial charge in [-0.05, 0) is 38.1 Å². The molecule has 4 aromatic rings. The normalized spacial score (nSPS) is 11.2. The Morgan fingerprint density at radius 1 is 1.13 bits per heavy atom. The Labute approximate surface area is 186 Å². The number of carbonyl (C=O) groups excluding carboxylic acids is 1. The van der Waals surface area contributed by atoms with Crippen LogP contribution in [0.4, 0.5) is 5.13 Å². The summed E-state index contributed by atoms with van der Waals surface area (Å²) in [5.41, 5.74) is 1.21. The molecule has 0 aliphatic rings. The number of aromatic nitrogens is 3. The Morgan fingerprint density at radius 2 is 1.87 bits per heavy atom. The van der Waals surface area contributed by atoms with Crippen molar-refractivity contribution < 1.29 is 4.79 Å². The van der Waals surface area contributed by atoms with Gasteiger partial charge in [0.05, 0.1) is 22.1 Å². The molecule has 0 saturated heterocycles. The second-order valence-corrected chi connectivity index (χ2v) is 8.56. The molecule has 6 nitrogen and oxygen atoms in total. The molecule has 0 atom stereocenters. The number of hydrogen-bond acceptors (Lipinski definition) is 5. The van der Waals surface area contributed by atoms with Crippen LogP contribution < -0.4 is 10.9 Å². The van der Waals surface area contributed by atoms with Gasteiger partial charge < -0.3 is 0 Å². The van der Waals surface area contributed by atoms with Crippen LogP contribution in [-0.4, -0.2) is 20.7 Å². The SMILES string of the molecule is CC(C)n1nc(C(=O)Nc2nc(-c3cc(Cl)ccc3Cl)cs2)c2ccccc2c1=O. The highest BCUT2D eigenvalue weighted by Crippen LogP contribution is 2.32. The summed E-state index contributed by atoms with van der Waals surface area (Å²) in [6.45, 7) is 3.68. The van der Waals surface area contributed by atoms with Gasteiger partial charge in [0.1, 0.15) is 0 Å². The van der Waals surface area contributed by atoms with Gasteiger partial charge in [-0.2, -0.15) is 5.10 Å². The van der Waals surface area contributed by atoms with Crippen LogP contribution in [0.2, 0.25) is 10.0 Å². The largest absolute Gasteiger partial charge is 0.296 e. The molecule has 0 aliphatic carbocycles. The number of nitrogens with zero attached hydrogens (tertiary/aromatic N) is 3. The van der Waals surface area contributed by atoms with Crippen LogP contribution >= 0.6 is 34.5 Å². The van der Waals surface area contributed by atoms with Crippen molar-refractivity contribution >= 4 is 56.3 Å². The Bertz CT molecular complexity index is 1330. The fourth-order valence-electron chi connectivity index (χ4n) is 3.03. The van der Waals surface area contributed by atoms with Gasteiger partial charge in [0, 0.05) is 21.4 Å². The molecule has 4 rings (SSSR count). The molecule has 0 unspecified atom stereocenters. The molecule has 0 radical (unpaired) electrons. The van der Waals surface area contributed by atoms with Gasteiger partial charge in [-0.3, -0.25) is 14.9 Å². The number of rotatable bonds is 4. The minimum atomic E-state index is -0.446. The lowest BCUT2D eigenvalue weighted by Gasteiger charge is -2.12. The number of anilines is 1. The molecule has 30 heavy (non-hydrogen) atoms. The molecule has 0 bridgehead atoms. The lowest BCUT2D eigenvalue weighted by Crippen LogP contribution is -2.28. The van der Waals surface area contributed by atoms with E-state index in [1.54, 1.807) is 47.8 Å². The first kappa shape index (κ1) is 20.5. The van der Waals surface area contributed by atoms with Crippen molar-refractivity contribution in [2.24, 2.45) is 0 Å². The summed E-state index contributed by atoms with van der Waals surface area (Å²) in [7, 11) is 0. The van der Waals surface area contributed by atoms with Crippen LogP contribution in [0.3, 0.4) is 0 Å². The minimum absolute atomic E-state index is 0.163. The quantitative estimate of drug-likeness (QED) is 0.427. The van der Waals surface area contributed by atoms with Gasteiger partial charge in [0.25, 0.3) is 11.5 Å². The number of carbonyl (C=O) groups is 1. The van der Waals surface area contributed by atoms with Crippen LogP contribution in [0.15, 0.2) is 52.6 Å². The number of nitrogens with one attached hydrogen (secondary N) is 1. The zero-order chi connectivity index (χ0) is 21.4. The number of amides is 1. The smallest absolute Gasteiger partial charge is 0.278 e. The maximum absolute atomic E-state index is 13.0. The number of thiazole rings is 1. The van der Waals surface area contributed by atoms with E-state index in [1.165, 1.54) is 16.0 Å². The molecular formula is C21H16Cl2N4O2S. The van der Waals surface area contributed by atoms with Crippen LogP contribution in [-0.2, 0) is 0 Å². The highest BCUT2D eigenvalue weighted by Gasteiger charge is 2.19. The Hall–Kier alpha value is -2.74. The third-order valence-corrected chi connectivity index (χ3v) is 5.78. The van der Waals surface area contributed by atoms with E-state index < -0.39 is 5.91 Å². The maximum atomic E-state index is 13.0. The number of halogens is 2. The van der Waals surface area contributed by atoms with Crippen molar-refractivity contribution in [1.29, 1.82) is 0 Å². The van der Waals surface area contributed by atoms with Crippen molar-refractivity contribution in [3.8, 4) is 11.3 Å². The zero-order valence-corrected chi connectivity index (χ0v) is 18.3. The van der Waals surface area contributed by atoms with Gasteiger partial charge in [-0.1, -0.05) is 41.4 Å². The zero-order valence-electron chi connectivity index (χ0n) is 16.0. The average Bonchev–Trinajstić information content (AvgIpc) is 3.18. The second-order valence-electron chi connectivity index (χ2n) is 6.85. The van der Waals surface area contributed by atoms with E-state index in [0.717, 1.165) is 0 Å². The van der Waals surface area contributed by atoms with E-state index in [9.17, 15) is 9.59 Å². The molecule has 9 heteroatoms. The van der Waals surface area contributed by atoms with Crippen LogP contribution in [0.1, 0.15) is 30.4 Å². The van der Waals surface area contributed by atoms with E-state index in [1.807, 2.05) is 13.8 Å². The van der Waals surface area contributed by atoms with Crippen LogP contribution in [0, 0.1) is 0 Å². The highest BCUT2D eigenvalue weighted by atomic mass is 35.5. The predicted molar refractivity (Wildman–Crippen MR) is 122 cm³/mol. The van der Waals surface area contributed by atoms with Crippen molar-refractivity contribution in [2.45, 2.75) is 19.9 Å². The Balaban J connectivity index is 1.71. The molecule has 0 aliphatic heterocycles. The molecule has 152 valence electrons. The van der Waals surface area contributed by atoms with E-state index in [4.69, 9.17) is 23.2 Å². The molecule has 1 N–H and O–H groups in total. The molecular weight excluding hydrogens is 443 g/mol. The first-order valence-corrected chi connectivity index (χ1v) is 10.7. The van der Waals surface area contributed by atoms with Crippen molar-refractivity contribution in [3.05, 3.63) is 73.9 Å². The first-order chi connectivity index (χ1) is 14.3. The summed E-state index contributed by atoms with van der Waals surface area (Å²) in [5, 5.41) is 11.3. The molecule has 0 spiro atoms.